The minimum Gasteiger partial charge on any atom is -0.488 e. The minimum atomic E-state index is -1.36. The van der Waals surface area contributed by atoms with E-state index >= 15 is 0 Å². The van der Waals surface area contributed by atoms with Crippen LogP contribution in [0.15, 0.2) is 6.07 Å². The van der Waals surface area contributed by atoms with E-state index in [0.29, 0.717) is 12.5 Å². The van der Waals surface area contributed by atoms with Crippen LogP contribution in [0, 0.1) is 17.5 Å². The first-order valence-electron chi connectivity index (χ1n) is 4.97. The molecule has 0 saturated heterocycles. The van der Waals surface area contributed by atoms with Crippen LogP contribution in [0.25, 0.3) is 0 Å². The number of halogens is 3. The van der Waals surface area contributed by atoms with E-state index in [4.69, 9.17) is 9.76 Å². The molecule has 0 aliphatic rings. The molecule has 1 rings (SSSR count). The second-order valence-corrected chi connectivity index (χ2v) is 3.42. The first-order chi connectivity index (χ1) is 7.49. The lowest BCUT2D eigenvalue weighted by atomic mass is 9.64. The van der Waals surface area contributed by atoms with Crippen LogP contribution in [0.4, 0.5) is 13.2 Å². The summed E-state index contributed by atoms with van der Waals surface area (Å²) in [6.07, 6.45) is 0.570. The molecule has 1 N–H and O–H groups in total. The third kappa shape index (κ3) is 2.50. The predicted octanol–water partition coefficient (Wildman–Crippen LogP) is 1.71. The van der Waals surface area contributed by atoms with Gasteiger partial charge in [-0.15, -0.1) is 0 Å². The predicted molar refractivity (Wildman–Crippen MR) is 55.6 cm³/mol. The van der Waals surface area contributed by atoms with E-state index in [1.165, 1.54) is 6.82 Å². The van der Waals surface area contributed by atoms with Gasteiger partial charge in [0.25, 0.3) is 0 Å². The van der Waals surface area contributed by atoms with Crippen LogP contribution in [0.1, 0.15) is 13.3 Å². The number of hydrogen-bond donors (Lipinski definition) is 1. The molecule has 6 heteroatoms. The molecule has 1 aromatic carbocycles. The molecule has 0 amide bonds. The van der Waals surface area contributed by atoms with E-state index < -0.39 is 35.6 Å². The first kappa shape index (κ1) is 12.9. The number of ether oxygens (including phenoxy) is 1. The fraction of sp³-hybridized carbons (Fsp3) is 0.400. The van der Waals surface area contributed by atoms with E-state index in [0.717, 1.165) is 0 Å². The summed E-state index contributed by atoms with van der Waals surface area (Å²) in [5.41, 5.74) is -0.576. The van der Waals surface area contributed by atoms with E-state index in [-0.39, 0.29) is 6.61 Å². The van der Waals surface area contributed by atoms with Gasteiger partial charge in [0.1, 0.15) is 5.82 Å². The molecule has 0 aromatic heterocycles. The molecule has 0 atom stereocenters. The molecule has 0 aliphatic carbocycles. The van der Waals surface area contributed by atoms with Crippen molar-refractivity contribution in [3.63, 3.8) is 0 Å². The quantitative estimate of drug-likeness (QED) is 0.800. The van der Waals surface area contributed by atoms with Crippen LogP contribution in [-0.4, -0.2) is 18.5 Å². The Morgan fingerprint density at radius 3 is 2.44 bits per heavy atom. The molecular formula is C10H12BF3O2. The monoisotopic (exact) mass is 232 g/mol. The van der Waals surface area contributed by atoms with Crippen molar-refractivity contribution in [1.29, 1.82) is 0 Å². The fourth-order valence-electron chi connectivity index (χ4n) is 1.31. The van der Waals surface area contributed by atoms with Gasteiger partial charge >= 0.3 is 6.92 Å². The average molecular weight is 232 g/mol. The van der Waals surface area contributed by atoms with Crippen LogP contribution in [0.5, 0.6) is 5.75 Å². The Bertz CT molecular complexity index is 383. The van der Waals surface area contributed by atoms with Gasteiger partial charge in [0.15, 0.2) is 17.4 Å². The van der Waals surface area contributed by atoms with Crippen LogP contribution < -0.4 is 10.2 Å². The summed E-state index contributed by atoms with van der Waals surface area (Å²) in [5.74, 6) is -4.04. The van der Waals surface area contributed by atoms with Gasteiger partial charge in [0, 0.05) is 11.5 Å². The summed E-state index contributed by atoms with van der Waals surface area (Å²) in [6, 6.07) is 0.510. The zero-order valence-corrected chi connectivity index (χ0v) is 9.06. The van der Waals surface area contributed by atoms with Gasteiger partial charge < -0.3 is 9.76 Å². The van der Waals surface area contributed by atoms with Gasteiger partial charge in [-0.3, -0.25) is 0 Å². The number of rotatable bonds is 4. The molecule has 0 unspecified atom stereocenters. The molecule has 0 spiro atoms. The summed E-state index contributed by atoms with van der Waals surface area (Å²) in [5, 5.41) is 9.17. The maximum Gasteiger partial charge on any atom is 0.326 e. The van der Waals surface area contributed by atoms with Gasteiger partial charge in [-0.2, -0.15) is 0 Å². The number of hydrogen-bond acceptors (Lipinski definition) is 2. The fourth-order valence-corrected chi connectivity index (χ4v) is 1.31. The lowest BCUT2D eigenvalue weighted by Crippen LogP contribution is -2.33. The maximum absolute atomic E-state index is 13.6. The lowest BCUT2D eigenvalue weighted by molar-refractivity contribution is 0.284. The van der Waals surface area contributed by atoms with Crippen LogP contribution in [0.2, 0.25) is 6.82 Å². The van der Waals surface area contributed by atoms with Crippen LogP contribution in [0.3, 0.4) is 0 Å². The van der Waals surface area contributed by atoms with Crippen molar-refractivity contribution < 1.29 is 22.9 Å². The van der Waals surface area contributed by atoms with Crippen molar-refractivity contribution in [1.82, 2.24) is 0 Å². The topological polar surface area (TPSA) is 29.5 Å². The Hall–Kier alpha value is -1.17. The summed E-state index contributed by atoms with van der Waals surface area (Å²) >= 11 is 0. The smallest absolute Gasteiger partial charge is 0.326 e. The summed E-state index contributed by atoms with van der Waals surface area (Å²) in [6.45, 7) is 1.74. The molecule has 1 aromatic rings. The lowest BCUT2D eigenvalue weighted by Gasteiger charge is -2.12. The summed E-state index contributed by atoms with van der Waals surface area (Å²) < 4.78 is 44.8. The molecule has 88 valence electrons. The molecular weight excluding hydrogens is 220 g/mol. The van der Waals surface area contributed by atoms with Crippen molar-refractivity contribution in [2.24, 2.45) is 0 Å². The standard InChI is InChI=1S/C10H12BF3O2/c1-3-4-16-10-7(13)5-6(12)8(9(10)14)11(2)15/h5,15H,3-4H2,1-2H3. The summed E-state index contributed by atoms with van der Waals surface area (Å²) in [7, 11) is 0. The molecule has 16 heavy (non-hydrogen) atoms. The minimum absolute atomic E-state index is 0.124. The second kappa shape index (κ2) is 5.25. The van der Waals surface area contributed by atoms with Crippen molar-refractivity contribution in [3.8, 4) is 5.75 Å². The van der Waals surface area contributed by atoms with Crippen molar-refractivity contribution in [2.45, 2.75) is 20.2 Å². The SMILES string of the molecule is CCCOc1c(F)cc(F)c(B(C)O)c1F. The Labute approximate surface area is 92.2 Å². The van der Waals surface area contributed by atoms with Crippen LogP contribution >= 0.6 is 0 Å². The van der Waals surface area contributed by atoms with Gasteiger partial charge in [-0.25, -0.2) is 13.2 Å². The highest BCUT2D eigenvalue weighted by Gasteiger charge is 2.25. The second-order valence-electron chi connectivity index (χ2n) is 3.42. The third-order valence-corrected chi connectivity index (χ3v) is 2.03. The zero-order valence-electron chi connectivity index (χ0n) is 9.06. The first-order valence-corrected chi connectivity index (χ1v) is 4.97. The molecule has 0 radical (unpaired) electrons. The molecule has 0 saturated carbocycles. The molecule has 0 fully saturated rings. The average Bonchev–Trinajstić information content (AvgIpc) is 2.16. The van der Waals surface area contributed by atoms with Crippen molar-refractivity contribution in [2.75, 3.05) is 6.61 Å². The largest absolute Gasteiger partial charge is 0.488 e. The van der Waals surface area contributed by atoms with Crippen LogP contribution in [-0.2, 0) is 0 Å². The molecule has 0 bridgehead atoms. The van der Waals surface area contributed by atoms with E-state index in [1.54, 1.807) is 6.92 Å². The van der Waals surface area contributed by atoms with E-state index in [1.807, 2.05) is 0 Å². The zero-order chi connectivity index (χ0) is 12.3. The highest BCUT2D eigenvalue weighted by molar-refractivity contribution is 6.65. The highest BCUT2D eigenvalue weighted by Crippen LogP contribution is 2.22. The van der Waals surface area contributed by atoms with E-state index in [2.05, 4.69) is 0 Å². The highest BCUT2D eigenvalue weighted by atomic mass is 19.1. The Balaban J connectivity index is 3.22. The summed E-state index contributed by atoms with van der Waals surface area (Å²) in [4.78, 5) is 0. The normalized spacial score (nSPS) is 10.4. The Morgan fingerprint density at radius 1 is 1.31 bits per heavy atom. The van der Waals surface area contributed by atoms with Crippen molar-refractivity contribution in [3.05, 3.63) is 23.5 Å². The third-order valence-electron chi connectivity index (χ3n) is 2.03. The molecule has 2 nitrogen and oxygen atoms in total. The number of benzene rings is 1. The van der Waals surface area contributed by atoms with Gasteiger partial charge in [0.05, 0.1) is 6.61 Å². The van der Waals surface area contributed by atoms with E-state index in [9.17, 15) is 13.2 Å². The Kier molecular flexibility index (Phi) is 4.23. The van der Waals surface area contributed by atoms with Crippen molar-refractivity contribution >= 4 is 12.4 Å². The van der Waals surface area contributed by atoms with Gasteiger partial charge in [-0.05, 0) is 6.42 Å². The molecule has 0 aliphatic heterocycles. The maximum atomic E-state index is 13.6. The molecule has 0 heterocycles. The van der Waals surface area contributed by atoms with Gasteiger partial charge in [-0.1, -0.05) is 13.7 Å². The van der Waals surface area contributed by atoms with Gasteiger partial charge in [0.2, 0.25) is 0 Å². The Morgan fingerprint density at radius 2 is 1.94 bits per heavy atom.